The lowest BCUT2D eigenvalue weighted by atomic mass is 9.98. The summed E-state index contributed by atoms with van der Waals surface area (Å²) >= 11 is 0. The molecular weight excluding hydrogens is 238 g/mol. The van der Waals surface area contributed by atoms with Gasteiger partial charge in [-0.1, -0.05) is 26.0 Å². The fourth-order valence-corrected chi connectivity index (χ4v) is 2.58. The van der Waals surface area contributed by atoms with Crippen LogP contribution in [0.5, 0.6) is 5.75 Å². The Bertz CT molecular complexity index is 427. The second-order valence-electron chi connectivity index (χ2n) is 5.03. The largest absolute Gasteiger partial charge is 0.489 e. The standard InChI is InChI=1S/C16H23NO2/c1-3-17(4-2)11-7-8-13-12-15(18)14-9-5-6-10-16(14)19-13/h5-6,9-10,13H,3-4,7-8,11-12H2,1-2H3. The number of hydrogen-bond acceptors (Lipinski definition) is 3. The van der Waals surface area contributed by atoms with Crippen molar-refractivity contribution in [3.05, 3.63) is 29.8 Å². The number of nitrogens with zero attached hydrogens (tertiary/aromatic N) is 1. The van der Waals surface area contributed by atoms with E-state index in [4.69, 9.17) is 4.74 Å². The lowest BCUT2D eigenvalue weighted by Gasteiger charge is -2.26. The lowest BCUT2D eigenvalue weighted by molar-refractivity contribution is 0.0830. The smallest absolute Gasteiger partial charge is 0.170 e. The Hall–Kier alpha value is -1.35. The summed E-state index contributed by atoms with van der Waals surface area (Å²) in [6, 6.07) is 7.55. The summed E-state index contributed by atoms with van der Waals surface area (Å²) in [6.45, 7) is 7.62. The Morgan fingerprint density at radius 1 is 1.26 bits per heavy atom. The minimum absolute atomic E-state index is 0.0537. The van der Waals surface area contributed by atoms with Gasteiger partial charge < -0.3 is 9.64 Å². The van der Waals surface area contributed by atoms with Gasteiger partial charge in [0.2, 0.25) is 0 Å². The zero-order valence-electron chi connectivity index (χ0n) is 11.9. The molecule has 1 aromatic carbocycles. The molecule has 0 fully saturated rings. The molecule has 1 aromatic rings. The summed E-state index contributed by atoms with van der Waals surface area (Å²) < 4.78 is 5.91. The molecule has 1 unspecified atom stereocenters. The van der Waals surface area contributed by atoms with E-state index in [0.29, 0.717) is 6.42 Å². The average molecular weight is 261 g/mol. The summed E-state index contributed by atoms with van der Waals surface area (Å²) in [5.74, 6) is 0.973. The van der Waals surface area contributed by atoms with Crippen LogP contribution in [-0.2, 0) is 0 Å². The quantitative estimate of drug-likeness (QED) is 0.788. The van der Waals surface area contributed by atoms with Crippen molar-refractivity contribution in [2.75, 3.05) is 19.6 Å². The van der Waals surface area contributed by atoms with Gasteiger partial charge in [0.15, 0.2) is 5.78 Å². The number of Topliss-reactive ketones (excluding diaryl/α,β-unsaturated/α-hetero) is 1. The maximum atomic E-state index is 12.0. The van der Waals surface area contributed by atoms with Gasteiger partial charge in [-0.05, 0) is 44.6 Å². The molecule has 104 valence electrons. The number of para-hydroxylation sites is 1. The Kier molecular flexibility index (Phi) is 4.97. The second kappa shape index (κ2) is 6.71. The first-order valence-corrected chi connectivity index (χ1v) is 7.25. The third-order valence-electron chi connectivity index (χ3n) is 3.79. The van der Waals surface area contributed by atoms with E-state index in [1.165, 1.54) is 0 Å². The molecule has 2 rings (SSSR count). The third-order valence-corrected chi connectivity index (χ3v) is 3.79. The van der Waals surface area contributed by atoms with Crippen LogP contribution in [0.2, 0.25) is 0 Å². The highest BCUT2D eigenvalue weighted by Gasteiger charge is 2.25. The van der Waals surface area contributed by atoms with Crippen LogP contribution in [0.25, 0.3) is 0 Å². The summed E-state index contributed by atoms with van der Waals surface area (Å²) in [4.78, 5) is 14.4. The molecule has 0 spiro atoms. The van der Waals surface area contributed by atoms with Gasteiger partial charge >= 0.3 is 0 Å². The van der Waals surface area contributed by atoms with Crippen molar-refractivity contribution in [3.8, 4) is 5.75 Å². The minimum Gasteiger partial charge on any atom is -0.489 e. The first-order valence-electron chi connectivity index (χ1n) is 7.25. The van der Waals surface area contributed by atoms with Crippen molar-refractivity contribution in [1.29, 1.82) is 0 Å². The summed E-state index contributed by atoms with van der Waals surface area (Å²) in [7, 11) is 0. The second-order valence-corrected chi connectivity index (χ2v) is 5.03. The number of rotatable bonds is 6. The van der Waals surface area contributed by atoms with Gasteiger partial charge in [-0.25, -0.2) is 0 Å². The maximum absolute atomic E-state index is 12.0. The predicted molar refractivity (Wildman–Crippen MR) is 76.8 cm³/mol. The first-order chi connectivity index (χ1) is 9.24. The molecule has 1 aliphatic heterocycles. The van der Waals surface area contributed by atoms with Crippen LogP contribution >= 0.6 is 0 Å². The van der Waals surface area contributed by atoms with Crippen LogP contribution in [0.1, 0.15) is 43.5 Å². The molecule has 0 radical (unpaired) electrons. The van der Waals surface area contributed by atoms with Crippen molar-refractivity contribution >= 4 is 5.78 Å². The molecule has 0 amide bonds. The molecule has 0 N–H and O–H groups in total. The fraction of sp³-hybridized carbons (Fsp3) is 0.562. The molecule has 0 aromatic heterocycles. The fourth-order valence-electron chi connectivity index (χ4n) is 2.58. The third kappa shape index (κ3) is 3.57. The van der Waals surface area contributed by atoms with Gasteiger partial charge in [0.1, 0.15) is 11.9 Å². The van der Waals surface area contributed by atoms with Crippen LogP contribution in [0, 0.1) is 0 Å². The van der Waals surface area contributed by atoms with Crippen LogP contribution in [0.4, 0.5) is 0 Å². The molecule has 1 aliphatic rings. The lowest BCUT2D eigenvalue weighted by Crippen LogP contribution is -2.29. The van der Waals surface area contributed by atoms with Gasteiger partial charge in [0.05, 0.1) is 5.56 Å². The predicted octanol–water partition coefficient (Wildman–Crippen LogP) is 3.14. The zero-order chi connectivity index (χ0) is 13.7. The number of fused-ring (bicyclic) bond motifs is 1. The van der Waals surface area contributed by atoms with Gasteiger partial charge in [0, 0.05) is 6.42 Å². The van der Waals surface area contributed by atoms with E-state index in [1.54, 1.807) is 0 Å². The Labute approximate surface area is 115 Å². The highest BCUT2D eigenvalue weighted by Crippen LogP contribution is 2.28. The van der Waals surface area contributed by atoms with Gasteiger partial charge in [-0.15, -0.1) is 0 Å². The molecule has 1 atom stereocenters. The van der Waals surface area contributed by atoms with E-state index in [2.05, 4.69) is 18.7 Å². The van der Waals surface area contributed by atoms with Crippen molar-refractivity contribution in [3.63, 3.8) is 0 Å². The number of ether oxygens (including phenoxy) is 1. The van der Waals surface area contributed by atoms with Gasteiger partial charge in [-0.2, -0.15) is 0 Å². The molecule has 3 heteroatoms. The monoisotopic (exact) mass is 261 g/mol. The van der Waals surface area contributed by atoms with Crippen molar-refractivity contribution in [1.82, 2.24) is 4.90 Å². The molecule has 0 saturated carbocycles. The molecule has 1 heterocycles. The van der Waals surface area contributed by atoms with Crippen molar-refractivity contribution in [2.45, 2.75) is 39.2 Å². The zero-order valence-corrected chi connectivity index (χ0v) is 11.9. The number of carbonyl (C=O) groups is 1. The van der Waals surface area contributed by atoms with E-state index >= 15 is 0 Å². The highest BCUT2D eigenvalue weighted by molar-refractivity contribution is 5.99. The van der Waals surface area contributed by atoms with E-state index in [1.807, 2.05) is 24.3 Å². The highest BCUT2D eigenvalue weighted by atomic mass is 16.5. The number of ketones is 1. The maximum Gasteiger partial charge on any atom is 0.170 e. The number of carbonyl (C=O) groups excluding carboxylic acids is 1. The Morgan fingerprint density at radius 2 is 2.00 bits per heavy atom. The summed E-state index contributed by atoms with van der Waals surface area (Å²) in [6.07, 6.45) is 2.62. The van der Waals surface area contributed by atoms with Crippen LogP contribution in [0.3, 0.4) is 0 Å². The minimum atomic E-state index is 0.0537. The Morgan fingerprint density at radius 3 is 2.74 bits per heavy atom. The van der Waals surface area contributed by atoms with Crippen LogP contribution in [-0.4, -0.2) is 36.4 Å². The molecule has 0 bridgehead atoms. The van der Waals surface area contributed by atoms with E-state index in [-0.39, 0.29) is 11.9 Å². The van der Waals surface area contributed by atoms with E-state index in [0.717, 1.165) is 43.8 Å². The molecule has 0 aliphatic carbocycles. The van der Waals surface area contributed by atoms with Crippen LogP contribution in [0.15, 0.2) is 24.3 Å². The SMILES string of the molecule is CCN(CC)CCCC1CC(=O)c2ccccc2O1. The van der Waals surface area contributed by atoms with E-state index in [9.17, 15) is 4.79 Å². The number of hydrogen-bond donors (Lipinski definition) is 0. The number of benzene rings is 1. The molecule has 0 saturated heterocycles. The van der Waals surface area contributed by atoms with Gasteiger partial charge in [-0.3, -0.25) is 4.79 Å². The first kappa shape index (κ1) is 14.1. The summed E-state index contributed by atoms with van der Waals surface area (Å²) in [5.41, 5.74) is 0.738. The van der Waals surface area contributed by atoms with Crippen molar-refractivity contribution in [2.24, 2.45) is 0 Å². The van der Waals surface area contributed by atoms with Crippen LogP contribution < -0.4 is 4.74 Å². The summed E-state index contributed by atoms with van der Waals surface area (Å²) in [5, 5.41) is 0. The normalized spacial score (nSPS) is 18.3. The molecule has 3 nitrogen and oxygen atoms in total. The molecular formula is C16H23NO2. The average Bonchev–Trinajstić information content (AvgIpc) is 2.44. The van der Waals surface area contributed by atoms with Crippen molar-refractivity contribution < 1.29 is 9.53 Å². The molecule has 19 heavy (non-hydrogen) atoms. The topological polar surface area (TPSA) is 29.5 Å². The van der Waals surface area contributed by atoms with Gasteiger partial charge in [0.25, 0.3) is 0 Å². The Balaban J connectivity index is 1.86. The van der Waals surface area contributed by atoms with E-state index < -0.39 is 0 Å².